The van der Waals surface area contributed by atoms with E-state index in [1.165, 1.54) is 7.05 Å². The van der Waals surface area contributed by atoms with Crippen molar-refractivity contribution in [3.8, 4) is 0 Å². The molecule has 0 radical (unpaired) electrons. The Hall–Kier alpha value is -1.10. The normalized spacial score (nSPS) is 13.1. The second-order valence-corrected chi connectivity index (χ2v) is 4.70. The minimum Gasteiger partial charge on any atom is -0.460 e. The number of ether oxygens (including phenoxy) is 1. The molecule has 3 N–H and O–H groups in total. The summed E-state index contributed by atoms with van der Waals surface area (Å²) in [5.74, 6) is -0.458. The summed E-state index contributed by atoms with van der Waals surface area (Å²) in [5.41, 5.74) is 5.12. The number of likely N-dealkylation sites (N-methyl/N-ethyl adjacent to an activating group) is 1. The summed E-state index contributed by atoms with van der Waals surface area (Å²) in [6.07, 6.45) is 1.34. The van der Waals surface area contributed by atoms with E-state index in [0.717, 1.165) is 0 Å². The highest BCUT2D eigenvalue weighted by molar-refractivity contribution is 5.81. The SMILES string of the molecule is CNC(=O)[C@@H](N)CCCC(=O)OC(C)(C)C. The molecule has 16 heavy (non-hydrogen) atoms. The van der Waals surface area contributed by atoms with E-state index in [2.05, 4.69) is 5.32 Å². The summed E-state index contributed by atoms with van der Waals surface area (Å²) >= 11 is 0. The van der Waals surface area contributed by atoms with Crippen LogP contribution in [0.15, 0.2) is 0 Å². The Balaban J connectivity index is 3.74. The molecule has 0 rings (SSSR count). The predicted molar refractivity (Wildman–Crippen MR) is 61.7 cm³/mol. The second kappa shape index (κ2) is 6.48. The van der Waals surface area contributed by atoms with Gasteiger partial charge in [0.25, 0.3) is 0 Å². The Morgan fingerprint density at radius 1 is 1.38 bits per heavy atom. The van der Waals surface area contributed by atoms with Gasteiger partial charge in [0.05, 0.1) is 6.04 Å². The van der Waals surface area contributed by atoms with Crippen molar-refractivity contribution in [1.82, 2.24) is 5.32 Å². The van der Waals surface area contributed by atoms with Gasteiger partial charge in [-0.1, -0.05) is 0 Å². The standard InChI is InChI=1S/C11H22N2O3/c1-11(2,3)16-9(14)7-5-6-8(12)10(15)13-4/h8H,5-7,12H2,1-4H3,(H,13,15)/t8-/m0/s1. The number of rotatable bonds is 5. The molecule has 0 fully saturated rings. The fourth-order valence-electron chi connectivity index (χ4n) is 1.18. The van der Waals surface area contributed by atoms with E-state index in [1.807, 2.05) is 20.8 Å². The average molecular weight is 230 g/mol. The molecule has 0 aromatic heterocycles. The van der Waals surface area contributed by atoms with Crippen molar-refractivity contribution in [2.24, 2.45) is 5.73 Å². The highest BCUT2D eigenvalue weighted by atomic mass is 16.6. The van der Waals surface area contributed by atoms with E-state index in [0.29, 0.717) is 19.3 Å². The zero-order valence-corrected chi connectivity index (χ0v) is 10.5. The predicted octanol–water partition coefficient (Wildman–Crippen LogP) is 0.572. The van der Waals surface area contributed by atoms with Gasteiger partial charge in [0.1, 0.15) is 5.60 Å². The van der Waals surface area contributed by atoms with E-state index < -0.39 is 11.6 Å². The van der Waals surface area contributed by atoms with E-state index in [1.54, 1.807) is 0 Å². The van der Waals surface area contributed by atoms with E-state index in [9.17, 15) is 9.59 Å². The Morgan fingerprint density at radius 3 is 2.38 bits per heavy atom. The third-order valence-corrected chi connectivity index (χ3v) is 1.90. The van der Waals surface area contributed by atoms with Crippen LogP contribution in [0.25, 0.3) is 0 Å². The number of hydrogen-bond donors (Lipinski definition) is 2. The molecule has 0 heterocycles. The van der Waals surface area contributed by atoms with Crippen LogP contribution in [0.1, 0.15) is 40.0 Å². The summed E-state index contributed by atoms with van der Waals surface area (Å²) in [7, 11) is 1.54. The van der Waals surface area contributed by atoms with Gasteiger partial charge >= 0.3 is 5.97 Å². The van der Waals surface area contributed by atoms with Gasteiger partial charge in [-0.2, -0.15) is 0 Å². The fraction of sp³-hybridized carbons (Fsp3) is 0.818. The highest BCUT2D eigenvalue weighted by Crippen LogP contribution is 2.10. The molecule has 0 aromatic carbocycles. The minimum atomic E-state index is -0.549. The first-order valence-corrected chi connectivity index (χ1v) is 5.45. The molecule has 0 bridgehead atoms. The average Bonchev–Trinajstić information content (AvgIpc) is 2.13. The van der Waals surface area contributed by atoms with Crippen molar-refractivity contribution in [1.29, 1.82) is 0 Å². The number of nitrogens with two attached hydrogens (primary N) is 1. The third-order valence-electron chi connectivity index (χ3n) is 1.90. The topological polar surface area (TPSA) is 81.4 Å². The molecule has 0 saturated heterocycles. The molecule has 0 unspecified atom stereocenters. The lowest BCUT2D eigenvalue weighted by molar-refractivity contribution is -0.155. The molecule has 1 amide bonds. The lowest BCUT2D eigenvalue weighted by Crippen LogP contribution is -2.38. The Labute approximate surface area is 96.7 Å². The van der Waals surface area contributed by atoms with Crippen LogP contribution < -0.4 is 11.1 Å². The number of esters is 1. The quantitative estimate of drug-likeness (QED) is 0.677. The number of nitrogens with one attached hydrogen (secondary N) is 1. The Kier molecular flexibility index (Phi) is 6.03. The molecule has 94 valence electrons. The first-order chi connectivity index (χ1) is 7.26. The van der Waals surface area contributed by atoms with Gasteiger partial charge in [0, 0.05) is 13.5 Å². The van der Waals surface area contributed by atoms with Gasteiger partial charge in [0.2, 0.25) is 5.91 Å². The fourth-order valence-corrected chi connectivity index (χ4v) is 1.18. The van der Waals surface area contributed by atoms with Gasteiger partial charge in [0.15, 0.2) is 0 Å². The van der Waals surface area contributed by atoms with Crippen molar-refractivity contribution in [3.63, 3.8) is 0 Å². The maximum Gasteiger partial charge on any atom is 0.306 e. The molecule has 5 nitrogen and oxygen atoms in total. The maximum atomic E-state index is 11.3. The zero-order valence-electron chi connectivity index (χ0n) is 10.5. The number of carbonyl (C=O) groups excluding carboxylic acids is 2. The van der Waals surface area contributed by atoms with Crippen LogP contribution in [-0.2, 0) is 14.3 Å². The molecular weight excluding hydrogens is 208 g/mol. The van der Waals surface area contributed by atoms with Crippen molar-refractivity contribution in [3.05, 3.63) is 0 Å². The molecule has 5 heteroatoms. The summed E-state index contributed by atoms with van der Waals surface area (Å²) in [5, 5.41) is 2.46. The van der Waals surface area contributed by atoms with Crippen molar-refractivity contribution in [2.75, 3.05) is 7.05 Å². The molecule has 1 atom stereocenters. The molecule has 0 spiro atoms. The Bertz CT molecular complexity index is 246. The second-order valence-electron chi connectivity index (χ2n) is 4.70. The smallest absolute Gasteiger partial charge is 0.306 e. The highest BCUT2D eigenvalue weighted by Gasteiger charge is 2.17. The molecule has 0 aliphatic heterocycles. The Morgan fingerprint density at radius 2 is 1.94 bits per heavy atom. The van der Waals surface area contributed by atoms with Crippen LogP contribution in [0, 0.1) is 0 Å². The number of amides is 1. The summed E-state index contributed by atoms with van der Waals surface area (Å²) in [6.45, 7) is 5.46. The van der Waals surface area contributed by atoms with Crippen LogP contribution in [0.3, 0.4) is 0 Å². The molecule has 0 aliphatic rings. The van der Waals surface area contributed by atoms with Crippen LogP contribution in [-0.4, -0.2) is 30.6 Å². The third kappa shape index (κ3) is 7.23. The maximum absolute atomic E-state index is 11.3. The van der Waals surface area contributed by atoms with Gasteiger partial charge in [-0.05, 0) is 33.6 Å². The van der Waals surface area contributed by atoms with Crippen molar-refractivity contribution >= 4 is 11.9 Å². The monoisotopic (exact) mass is 230 g/mol. The minimum absolute atomic E-state index is 0.204. The first-order valence-electron chi connectivity index (χ1n) is 5.45. The van der Waals surface area contributed by atoms with Crippen molar-refractivity contribution in [2.45, 2.75) is 51.7 Å². The van der Waals surface area contributed by atoms with Gasteiger partial charge in [-0.15, -0.1) is 0 Å². The largest absolute Gasteiger partial charge is 0.460 e. The van der Waals surface area contributed by atoms with Crippen LogP contribution in [0.4, 0.5) is 0 Å². The van der Waals surface area contributed by atoms with Gasteiger partial charge in [-0.3, -0.25) is 9.59 Å². The van der Waals surface area contributed by atoms with Crippen LogP contribution in [0.2, 0.25) is 0 Å². The lowest BCUT2D eigenvalue weighted by atomic mass is 10.1. The summed E-state index contributed by atoms with van der Waals surface area (Å²) in [4.78, 5) is 22.4. The lowest BCUT2D eigenvalue weighted by Gasteiger charge is -2.19. The number of carbonyl (C=O) groups is 2. The van der Waals surface area contributed by atoms with E-state index in [4.69, 9.17) is 10.5 Å². The molecule has 0 aromatic rings. The first kappa shape index (κ1) is 14.9. The number of hydrogen-bond acceptors (Lipinski definition) is 4. The van der Waals surface area contributed by atoms with Crippen molar-refractivity contribution < 1.29 is 14.3 Å². The van der Waals surface area contributed by atoms with Crippen LogP contribution >= 0.6 is 0 Å². The molecular formula is C11H22N2O3. The molecule has 0 saturated carbocycles. The van der Waals surface area contributed by atoms with E-state index in [-0.39, 0.29) is 11.9 Å². The summed E-state index contributed by atoms with van der Waals surface area (Å²) in [6, 6.07) is -0.549. The summed E-state index contributed by atoms with van der Waals surface area (Å²) < 4.78 is 5.13. The van der Waals surface area contributed by atoms with Crippen LogP contribution in [0.5, 0.6) is 0 Å². The molecule has 0 aliphatic carbocycles. The van der Waals surface area contributed by atoms with E-state index >= 15 is 0 Å². The van der Waals surface area contributed by atoms with Gasteiger partial charge < -0.3 is 15.8 Å². The zero-order chi connectivity index (χ0) is 12.8. The van der Waals surface area contributed by atoms with Gasteiger partial charge in [-0.25, -0.2) is 0 Å².